The molecular weight excluding hydrogens is 310 g/mol. The summed E-state index contributed by atoms with van der Waals surface area (Å²) in [6.07, 6.45) is 5.30. The van der Waals surface area contributed by atoms with Crippen molar-refractivity contribution in [2.75, 3.05) is 38.2 Å². The SMILES string of the molecule is COc1cccc2ccc(N3CCC([C@H](C)N4CCCC4)CC3)nc12. The molecule has 134 valence electrons. The summed E-state index contributed by atoms with van der Waals surface area (Å²) < 4.78 is 5.49. The van der Waals surface area contributed by atoms with Gasteiger partial charge in [-0.25, -0.2) is 4.98 Å². The van der Waals surface area contributed by atoms with Crippen molar-refractivity contribution >= 4 is 16.7 Å². The summed E-state index contributed by atoms with van der Waals surface area (Å²) in [4.78, 5) is 10.0. The number of likely N-dealkylation sites (tertiary alicyclic amines) is 1. The van der Waals surface area contributed by atoms with Gasteiger partial charge in [0.15, 0.2) is 0 Å². The summed E-state index contributed by atoms with van der Waals surface area (Å²) >= 11 is 0. The largest absolute Gasteiger partial charge is 0.494 e. The lowest BCUT2D eigenvalue weighted by molar-refractivity contribution is 0.167. The van der Waals surface area contributed by atoms with Crippen LogP contribution >= 0.6 is 0 Å². The van der Waals surface area contributed by atoms with Crippen LogP contribution < -0.4 is 9.64 Å². The molecule has 25 heavy (non-hydrogen) atoms. The molecule has 1 aromatic heterocycles. The first-order valence-corrected chi connectivity index (χ1v) is 9.69. The average molecular weight is 339 g/mol. The molecule has 0 aliphatic carbocycles. The molecule has 3 heterocycles. The number of rotatable bonds is 4. The Labute approximate surface area is 150 Å². The van der Waals surface area contributed by atoms with Gasteiger partial charge in [-0.1, -0.05) is 12.1 Å². The van der Waals surface area contributed by atoms with Gasteiger partial charge in [0, 0.05) is 24.5 Å². The quantitative estimate of drug-likeness (QED) is 0.843. The Morgan fingerprint density at radius 3 is 2.52 bits per heavy atom. The molecule has 4 heteroatoms. The number of anilines is 1. The van der Waals surface area contributed by atoms with E-state index < -0.39 is 0 Å². The zero-order chi connectivity index (χ0) is 17.2. The van der Waals surface area contributed by atoms with Crippen LogP contribution in [0.2, 0.25) is 0 Å². The number of ether oxygens (including phenoxy) is 1. The Morgan fingerprint density at radius 2 is 1.80 bits per heavy atom. The fourth-order valence-corrected chi connectivity index (χ4v) is 4.51. The number of nitrogens with zero attached hydrogens (tertiary/aromatic N) is 3. The van der Waals surface area contributed by atoms with Crippen molar-refractivity contribution in [1.82, 2.24) is 9.88 Å². The lowest BCUT2D eigenvalue weighted by atomic mass is 9.89. The lowest BCUT2D eigenvalue weighted by Gasteiger charge is -2.38. The van der Waals surface area contributed by atoms with E-state index in [2.05, 4.69) is 34.9 Å². The van der Waals surface area contributed by atoms with E-state index in [1.54, 1.807) is 7.11 Å². The van der Waals surface area contributed by atoms with Gasteiger partial charge in [0.05, 0.1) is 7.11 Å². The van der Waals surface area contributed by atoms with Crippen LogP contribution in [0, 0.1) is 5.92 Å². The molecule has 2 aromatic rings. The van der Waals surface area contributed by atoms with Gasteiger partial charge in [-0.15, -0.1) is 0 Å². The Morgan fingerprint density at radius 1 is 1.04 bits per heavy atom. The predicted molar refractivity (Wildman–Crippen MR) is 104 cm³/mol. The Bertz CT molecular complexity index is 718. The zero-order valence-corrected chi connectivity index (χ0v) is 15.4. The van der Waals surface area contributed by atoms with E-state index in [1.165, 1.54) is 38.8 Å². The number of benzene rings is 1. The Hall–Kier alpha value is -1.81. The maximum Gasteiger partial charge on any atom is 0.145 e. The molecule has 4 nitrogen and oxygen atoms in total. The smallest absolute Gasteiger partial charge is 0.145 e. The fourth-order valence-electron chi connectivity index (χ4n) is 4.51. The normalized spacial score (nSPS) is 21.0. The summed E-state index contributed by atoms with van der Waals surface area (Å²) in [6.45, 7) is 7.25. The van der Waals surface area contributed by atoms with Crippen LogP contribution in [0.4, 0.5) is 5.82 Å². The molecule has 1 atom stereocenters. The summed E-state index contributed by atoms with van der Waals surface area (Å²) in [5.41, 5.74) is 0.968. The Kier molecular flexibility index (Phi) is 4.80. The molecule has 0 saturated carbocycles. The number of aromatic nitrogens is 1. The molecule has 0 unspecified atom stereocenters. The number of methoxy groups -OCH3 is 1. The highest BCUT2D eigenvalue weighted by atomic mass is 16.5. The van der Waals surface area contributed by atoms with Crippen molar-refractivity contribution in [2.45, 2.75) is 38.6 Å². The van der Waals surface area contributed by atoms with Crippen LogP contribution in [-0.2, 0) is 0 Å². The fraction of sp³-hybridized carbons (Fsp3) is 0.571. The third kappa shape index (κ3) is 3.32. The Balaban J connectivity index is 1.46. The highest BCUT2D eigenvalue weighted by molar-refractivity contribution is 5.85. The molecular formula is C21H29N3O. The summed E-state index contributed by atoms with van der Waals surface area (Å²) in [5.74, 6) is 2.77. The minimum atomic E-state index is 0.731. The van der Waals surface area contributed by atoms with Crippen LogP contribution in [-0.4, -0.2) is 49.2 Å². The first-order valence-electron chi connectivity index (χ1n) is 9.69. The highest BCUT2D eigenvalue weighted by Gasteiger charge is 2.29. The second-order valence-corrected chi connectivity index (χ2v) is 7.51. The maximum atomic E-state index is 5.49. The van der Waals surface area contributed by atoms with Crippen LogP contribution in [0.25, 0.3) is 10.9 Å². The molecule has 0 spiro atoms. The second-order valence-electron chi connectivity index (χ2n) is 7.51. The van der Waals surface area contributed by atoms with Crippen LogP contribution in [0.1, 0.15) is 32.6 Å². The van der Waals surface area contributed by atoms with E-state index in [0.29, 0.717) is 0 Å². The molecule has 2 aliphatic heterocycles. The van der Waals surface area contributed by atoms with E-state index in [9.17, 15) is 0 Å². The summed E-state index contributed by atoms with van der Waals surface area (Å²) in [7, 11) is 1.72. The summed E-state index contributed by atoms with van der Waals surface area (Å²) in [6, 6.07) is 11.2. The van der Waals surface area contributed by atoms with E-state index in [0.717, 1.165) is 47.5 Å². The monoisotopic (exact) mass is 339 g/mol. The van der Waals surface area contributed by atoms with Crippen molar-refractivity contribution in [3.05, 3.63) is 30.3 Å². The number of fused-ring (bicyclic) bond motifs is 1. The number of piperidine rings is 1. The van der Waals surface area contributed by atoms with Crippen molar-refractivity contribution in [3.8, 4) is 5.75 Å². The molecule has 2 saturated heterocycles. The van der Waals surface area contributed by atoms with Gasteiger partial charge in [-0.2, -0.15) is 0 Å². The van der Waals surface area contributed by atoms with Gasteiger partial charge in [0.1, 0.15) is 17.1 Å². The van der Waals surface area contributed by atoms with Gasteiger partial charge in [0.2, 0.25) is 0 Å². The average Bonchev–Trinajstić information content (AvgIpc) is 3.21. The van der Waals surface area contributed by atoms with Crippen LogP contribution in [0.5, 0.6) is 5.75 Å². The van der Waals surface area contributed by atoms with E-state index in [4.69, 9.17) is 9.72 Å². The van der Waals surface area contributed by atoms with E-state index in [-0.39, 0.29) is 0 Å². The second kappa shape index (κ2) is 7.20. The number of hydrogen-bond acceptors (Lipinski definition) is 4. The molecule has 0 radical (unpaired) electrons. The first-order chi connectivity index (χ1) is 12.3. The van der Waals surface area contributed by atoms with E-state index in [1.807, 2.05) is 12.1 Å². The van der Waals surface area contributed by atoms with Gasteiger partial charge in [-0.05, 0) is 69.8 Å². The molecule has 0 amide bonds. The first kappa shape index (κ1) is 16.6. The topological polar surface area (TPSA) is 28.6 Å². The number of hydrogen-bond donors (Lipinski definition) is 0. The van der Waals surface area contributed by atoms with Gasteiger partial charge in [-0.3, -0.25) is 0 Å². The zero-order valence-electron chi connectivity index (χ0n) is 15.4. The standard InChI is InChI=1S/C21H29N3O/c1-16(23-12-3-4-13-23)17-10-14-24(15-11-17)20-9-8-18-6-5-7-19(25-2)21(18)22-20/h5-9,16-17H,3-4,10-15H2,1-2H3/t16-/m0/s1. The minimum Gasteiger partial charge on any atom is -0.494 e. The summed E-state index contributed by atoms with van der Waals surface area (Å²) in [5, 5.41) is 1.14. The molecule has 0 N–H and O–H groups in total. The molecule has 4 rings (SSSR count). The predicted octanol–water partition coefficient (Wildman–Crippen LogP) is 3.94. The van der Waals surface area contributed by atoms with Crippen molar-refractivity contribution in [2.24, 2.45) is 5.92 Å². The lowest BCUT2D eigenvalue weighted by Crippen LogP contribution is -2.43. The van der Waals surface area contributed by atoms with Crippen molar-refractivity contribution < 1.29 is 4.74 Å². The minimum absolute atomic E-state index is 0.731. The van der Waals surface area contributed by atoms with Gasteiger partial charge >= 0.3 is 0 Å². The number of para-hydroxylation sites is 1. The third-order valence-electron chi connectivity index (χ3n) is 6.15. The third-order valence-corrected chi connectivity index (χ3v) is 6.15. The van der Waals surface area contributed by atoms with E-state index >= 15 is 0 Å². The molecule has 2 aliphatic rings. The van der Waals surface area contributed by atoms with Gasteiger partial charge < -0.3 is 14.5 Å². The van der Waals surface area contributed by atoms with Crippen LogP contribution in [0.3, 0.4) is 0 Å². The van der Waals surface area contributed by atoms with Crippen molar-refractivity contribution in [3.63, 3.8) is 0 Å². The van der Waals surface area contributed by atoms with Gasteiger partial charge in [0.25, 0.3) is 0 Å². The molecule has 0 bridgehead atoms. The highest BCUT2D eigenvalue weighted by Crippen LogP contribution is 2.30. The van der Waals surface area contributed by atoms with Crippen LogP contribution in [0.15, 0.2) is 30.3 Å². The number of pyridine rings is 1. The molecule has 1 aromatic carbocycles. The van der Waals surface area contributed by atoms with Crippen molar-refractivity contribution in [1.29, 1.82) is 0 Å². The molecule has 2 fully saturated rings. The maximum absolute atomic E-state index is 5.49.